The van der Waals surface area contributed by atoms with Crippen molar-refractivity contribution in [3.8, 4) is 0 Å². The average Bonchev–Trinajstić information content (AvgIpc) is 3.10. The first-order valence-electron chi connectivity index (χ1n) is 11.6. The molecular weight excluding hydrogens is 435 g/mol. The van der Waals surface area contributed by atoms with Gasteiger partial charge in [-0.2, -0.15) is 0 Å². The van der Waals surface area contributed by atoms with Crippen LogP contribution in [0.2, 0.25) is 0 Å². The Morgan fingerprint density at radius 3 is 2.53 bits per heavy atom. The zero-order chi connectivity index (χ0) is 24.3. The predicted molar refractivity (Wildman–Crippen MR) is 125 cm³/mol. The quantitative estimate of drug-likeness (QED) is 0.523. The lowest BCUT2D eigenvalue weighted by Gasteiger charge is -2.40. The number of nitrogens with one attached hydrogen (secondary N) is 1. The standard InChI is InChI=1S/C26H29FN4O3/c1-18(2)5-10-23(32)30-14-11-20(12-15-30)26(21-4-3-13-28-16-21)24(33)31(25(34)29-26)17-19-6-8-22(27)9-7-19/h3-10,13,16,18,20H,11-12,14-15,17H2,1-2H3,(H,29,34)/b10-5+. The molecule has 2 saturated heterocycles. The summed E-state index contributed by atoms with van der Waals surface area (Å²) >= 11 is 0. The molecule has 7 nitrogen and oxygen atoms in total. The summed E-state index contributed by atoms with van der Waals surface area (Å²) in [5.74, 6) is -0.685. The minimum Gasteiger partial charge on any atom is -0.339 e. The van der Waals surface area contributed by atoms with E-state index < -0.39 is 11.6 Å². The fourth-order valence-electron chi connectivity index (χ4n) is 4.73. The molecule has 1 aromatic carbocycles. The molecule has 1 unspecified atom stereocenters. The van der Waals surface area contributed by atoms with Gasteiger partial charge in [-0.25, -0.2) is 9.18 Å². The number of nitrogens with zero attached hydrogens (tertiary/aromatic N) is 3. The van der Waals surface area contributed by atoms with E-state index in [0.29, 0.717) is 37.1 Å². The van der Waals surface area contributed by atoms with E-state index in [0.717, 1.165) is 0 Å². The molecule has 4 amide bonds. The van der Waals surface area contributed by atoms with Gasteiger partial charge in [0.2, 0.25) is 5.91 Å². The number of amides is 4. The lowest BCUT2D eigenvalue weighted by atomic mass is 9.73. The van der Waals surface area contributed by atoms with Gasteiger partial charge in [0.05, 0.1) is 6.54 Å². The highest BCUT2D eigenvalue weighted by atomic mass is 19.1. The highest BCUT2D eigenvalue weighted by Gasteiger charge is 2.57. The first-order chi connectivity index (χ1) is 16.3. The van der Waals surface area contributed by atoms with Crippen LogP contribution in [0.25, 0.3) is 0 Å². The largest absolute Gasteiger partial charge is 0.339 e. The van der Waals surface area contributed by atoms with E-state index in [-0.39, 0.29) is 36.0 Å². The van der Waals surface area contributed by atoms with Gasteiger partial charge in [0, 0.05) is 31.0 Å². The molecule has 2 aliphatic heterocycles. The van der Waals surface area contributed by atoms with Crippen molar-refractivity contribution < 1.29 is 18.8 Å². The number of likely N-dealkylation sites (tertiary alicyclic amines) is 1. The summed E-state index contributed by atoms with van der Waals surface area (Å²) in [5, 5.41) is 2.97. The second kappa shape index (κ2) is 9.75. The van der Waals surface area contributed by atoms with E-state index in [9.17, 15) is 18.8 Å². The Bertz CT molecular complexity index is 1080. The first-order valence-corrected chi connectivity index (χ1v) is 11.6. The van der Waals surface area contributed by atoms with Gasteiger partial charge in [0.25, 0.3) is 5.91 Å². The maximum absolute atomic E-state index is 13.9. The Morgan fingerprint density at radius 2 is 1.91 bits per heavy atom. The average molecular weight is 465 g/mol. The molecule has 178 valence electrons. The second-order valence-corrected chi connectivity index (χ2v) is 9.20. The van der Waals surface area contributed by atoms with Crippen LogP contribution in [-0.2, 0) is 21.7 Å². The number of carbonyl (C=O) groups excluding carboxylic acids is 3. The van der Waals surface area contributed by atoms with Crippen molar-refractivity contribution in [2.75, 3.05) is 13.1 Å². The highest BCUT2D eigenvalue weighted by molar-refractivity contribution is 6.07. The van der Waals surface area contributed by atoms with E-state index in [4.69, 9.17) is 0 Å². The Balaban J connectivity index is 1.59. The normalized spacial score (nSPS) is 21.5. The van der Waals surface area contributed by atoms with Crippen molar-refractivity contribution in [1.82, 2.24) is 20.1 Å². The second-order valence-electron chi connectivity index (χ2n) is 9.20. The molecule has 1 N–H and O–H groups in total. The summed E-state index contributed by atoms with van der Waals surface area (Å²) in [6, 6.07) is 8.80. The third-order valence-corrected chi connectivity index (χ3v) is 6.55. The van der Waals surface area contributed by atoms with Crippen LogP contribution in [0, 0.1) is 17.7 Å². The molecule has 1 atom stereocenters. The lowest BCUT2D eigenvalue weighted by Crippen LogP contribution is -2.54. The van der Waals surface area contributed by atoms with Crippen LogP contribution >= 0.6 is 0 Å². The van der Waals surface area contributed by atoms with Crippen molar-refractivity contribution >= 4 is 17.8 Å². The predicted octanol–water partition coefficient (Wildman–Crippen LogP) is 3.62. The van der Waals surface area contributed by atoms with Gasteiger partial charge in [-0.15, -0.1) is 0 Å². The maximum Gasteiger partial charge on any atom is 0.325 e. The maximum atomic E-state index is 13.9. The fraction of sp³-hybridized carbons (Fsp3) is 0.385. The summed E-state index contributed by atoms with van der Waals surface area (Å²) in [4.78, 5) is 46.6. The van der Waals surface area contributed by atoms with Gasteiger partial charge in [-0.1, -0.05) is 38.1 Å². The molecule has 2 fully saturated rings. The van der Waals surface area contributed by atoms with Crippen LogP contribution in [-0.4, -0.2) is 45.7 Å². The summed E-state index contributed by atoms with van der Waals surface area (Å²) in [5.41, 5.74) is 0.0255. The van der Waals surface area contributed by atoms with E-state index in [1.165, 1.54) is 17.0 Å². The molecule has 4 rings (SSSR count). The Morgan fingerprint density at radius 1 is 1.21 bits per heavy atom. The Kier molecular flexibility index (Phi) is 6.77. The minimum atomic E-state index is -1.26. The summed E-state index contributed by atoms with van der Waals surface area (Å²) < 4.78 is 13.3. The topological polar surface area (TPSA) is 82.6 Å². The molecule has 0 saturated carbocycles. The number of halogens is 1. The molecule has 0 radical (unpaired) electrons. The van der Waals surface area contributed by atoms with Gasteiger partial charge in [-0.3, -0.25) is 19.5 Å². The molecule has 0 aliphatic carbocycles. The molecule has 3 heterocycles. The van der Waals surface area contributed by atoms with Gasteiger partial charge in [0.15, 0.2) is 5.54 Å². The molecule has 0 bridgehead atoms. The van der Waals surface area contributed by atoms with E-state index in [1.807, 2.05) is 19.9 Å². The summed E-state index contributed by atoms with van der Waals surface area (Å²) in [6.45, 7) is 5.06. The molecule has 34 heavy (non-hydrogen) atoms. The molecule has 1 aromatic heterocycles. The number of hydrogen-bond donors (Lipinski definition) is 1. The van der Waals surface area contributed by atoms with Crippen molar-refractivity contribution in [2.24, 2.45) is 11.8 Å². The number of allylic oxidation sites excluding steroid dienone is 1. The van der Waals surface area contributed by atoms with Crippen LogP contribution in [0.15, 0.2) is 60.9 Å². The highest BCUT2D eigenvalue weighted by Crippen LogP contribution is 2.41. The Hall–Kier alpha value is -3.55. The third-order valence-electron chi connectivity index (χ3n) is 6.55. The molecule has 8 heteroatoms. The number of rotatable bonds is 6. The minimum absolute atomic E-state index is 0.0395. The van der Waals surface area contributed by atoms with Gasteiger partial charge < -0.3 is 10.2 Å². The van der Waals surface area contributed by atoms with Crippen molar-refractivity contribution in [3.05, 3.63) is 77.9 Å². The summed E-state index contributed by atoms with van der Waals surface area (Å²) in [6.07, 6.45) is 7.84. The van der Waals surface area contributed by atoms with Crippen molar-refractivity contribution in [3.63, 3.8) is 0 Å². The zero-order valence-electron chi connectivity index (χ0n) is 19.4. The van der Waals surface area contributed by atoms with Gasteiger partial charge in [-0.05, 0) is 54.5 Å². The molecular formula is C26H29FN4O3. The summed E-state index contributed by atoms with van der Waals surface area (Å²) in [7, 11) is 0. The van der Waals surface area contributed by atoms with E-state index in [2.05, 4.69) is 10.3 Å². The SMILES string of the molecule is CC(C)/C=C/C(=O)N1CCC(C2(c3cccnc3)NC(=O)N(Cc3ccc(F)cc3)C2=O)CC1. The number of benzene rings is 1. The molecule has 0 spiro atoms. The monoisotopic (exact) mass is 464 g/mol. The van der Waals surface area contributed by atoms with Crippen LogP contribution in [0.1, 0.15) is 37.8 Å². The number of carbonyl (C=O) groups is 3. The third kappa shape index (κ3) is 4.58. The number of piperidine rings is 1. The number of imide groups is 1. The van der Waals surface area contributed by atoms with Crippen LogP contribution in [0.4, 0.5) is 9.18 Å². The van der Waals surface area contributed by atoms with Gasteiger partial charge in [0.1, 0.15) is 5.82 Å². The number of aromatic nitrogens is 1. The Labute approximate surface area is 198 Å². The number of hydrogen-bond acceptors (Lipinski definition) is 4. The van der Waals surface area contributed by atoms with Crippen LogP contribution < -0.4 is 5.32 Å². The zero-order valence-corrected chi connectivity index (χ0v) is 19.4. The van der Waals surface area contributed by atoms with E-state index in [1.54, 1.807) is 47.6 Å². The van der Waals surface area contributed by atoms with E-state index >= 15 is 0 Å². The number of urea groups is 1. The van der Waals surface area contributed by atoms with Crippen LogP contribution in [0.3, 0.4) is 0 Å². The molecule has 2 aliphatic rings. The molecule has 2 aromatic rings. The fourth-order valence-corrected chi connectivity index (χ4v) is 4.73. The van der Waals surface area contributed by atoms with Gasteiger partial charge >= 0.3 is 6.03 Å². The van der Waals surface area contributed by atoms with Crippen molar-refractivity contribution in [1.29, 1.82) is 0 Å². The smallest absolute Gasteiger partial charge is 0.325 e. The van der Waals surface area contributed by atoms with Crippen LogP contribution in [0.5, 0.6) is 0 Å². The van der Waals surface area contributed by atoms with Crippen molar-refractivity contribution in [2.45, 2.75) is 38.8 Å². The lowest BCUT2D eigenvalue weighted by molar-refractivity contribution is -0.135. The number of pyridine rings is 1. The first kappa shape index (κ1) is 23.6.